The van der Waals surface area contributed by atoms with E-state index >= 15 is 0 Å². The molecule has 0 bridgehead atoms. The summed E-state index contributed by atoms with van der Waals surface area (Å²) in [5.74, 6) is 0. The lowest BCUT2D eigenvalue weighted by Gasteiger charge is -2.28. The molecule has 0 saturated carbocycles. The molecule has 1 spiro atoms. The van der Waals surface area contributed by atoms with Crippen LogP contribution in [-0.4, -0.2) is 54.2 Å². The second kappa shape index (κ2) is 6.70. The summed E-state index contributed by atoms with van der Waals surface area (Å²) in [5, 5.41) is 9.07. The molecule has 136 valence electrons. The van der Waals surface area contributed by atoms with Crippen LogP contribution in [0.3, 0.4) is 0 Å². The summed E-state index contributed by atoms with van der Waals surface area (Å²) >= 11 is 13.7. The van der Waals surface area contributed by atoms with Crippen molar-refractivity contribution in [1.29, 1.82) is 0 Å². The van der Waals surface area contributed by atoms with Gasteiger partial charge >= 0.3 is 6.03 Å². The van der Waals surface area contributed by atoms with E-state index in [1.165, 1.54) is 17.3 Å². The molecule has 6 nitrogen and oxygen atoms in total. The van der Waals surface area contributed by atoms with Crippen molar-refractivity contribution in [3.05, 3.63) is 33.3 Å². The van der Waals surface area contributed by atoms with Crippen LogP contribution in [-0.2, 0) is 0 Å². The van der Waals surface area contributed by atoms with Crippen molar-refractivity contribution in [1.82, 2.24) is 26.0 Å². The SMILES string of the molecule is CNN1CCC2(C1)CN(C(=O)NC1NC=C(Cl)S1)C1CC=C(Cl)C=C12. The number of allylic oxidation sites excluding steroid dienone is 2. The minimum absolute atomic E-state index is 0.0223. The topological polar surface area (TPSA) is 59.6 Å². The lowest BCUT2D eigenvalue weighted by Crippen LogP contribution is -2.49. The number of hydrazine groups is 1. The molecule has 3 atom stereocenters. The Morgan fingerprint density at radius 1 is 1.44 bits per heavy atom. The Morgan fingerprint density at radius 3 is 2.96 bits per heavy atom. The minimum Gasteiger partial charge on any atom is -0.361 e. The summed E-state index contributed by atoms with van der Waals surface area (Å²) in [4.78, 5) is 14.9. The van der Waals surface area contributed by atoms with Crippen LogP contribution in [0.2, 0.25) is 0 Å². The first-order chi connectivity index (χ1) is 12.0. The minimum atomic E-state index is -0.218. The molecule has 0 radical (unpaired) electrons. The summed E-state index contributed by atoms with van der Waals surface area (Å²) < 4.78 is 0.650. The van der Waals surface area contributed by atoms with Crippen molar-refractivity contribution in [2.45, 2.75) is 24.4 Å². The zero-order valence-corrected chi connectivity index (χ0v) is 16.2. The summed E-state index contributed by atoms with van der Waals surface area (Å²) in [6.07, 6.45) is 7.57. The van der Waals surface area contributed by atoms with Crippen molar-refractivity contribution in [3.63, 3.8) is 0 Å². The molecule has 2 saturated heterocycles. The molecule has 25 heavy (non-hydrogen) atoms. The van der Waals surface area contributed by atoms with Gasteiger partial charge in [-0.2, -0.15) is 0 Å². The molecule has 4 aliphatic rings. The second-order valence-corrected chi connectivity index (χ2v) is 9.02. The molecule has 3 heterocycles. The van der Waals surface area contributed by atoms with Crippen molar-refractivity contribution >= 4 is 41.0 Å². The van der Waals surface area contributed by atoms with Crippen LogP contribution in [0.5, 0.6) is 0 Å². The first kappa shape index (κ1) is 17.5. The molecule has 9 heteroatoms. The number of thioether (sulfide) groups is 1. The fourth-order valence-corrected chi connectivity index (χ4v) is 5.41. The largest absolute Gasteiger partial charge is 0.361 e. The Bertz CT molecular complexity index is 681. The first-order valence-corrected chi connectivity index (χ1v) is 10.00. The summed E-state index contributed by atoms with van der Waals surface area (Å²) in [7, 11) is 1.94. The quantitative estimate of drug-likeness (QED) is 0.662. The molecule has 4 rings (SSSR count). The van der Waals surface area contributed by atoms with Crippen molar-refractivity contribution in [2.75, 3.05) is 26.7 Å². The van der Waals surface area contributed by atoms with Crippen LogP contribution in [0.4, 0.5) is 4.79 Å². The molecule has 0 aromatic heterocycles. The first-order valence-electron chi connectivity index (χ1n) is 8.36. The molecular formula is C16H21Cl2N5OS. The maximum atomic E-state index is 12.9. The van der Waals surface area contributed by atoms with Gasteiger partial charge in [-0.25, -0.2) is 9.80 Å². The Hall–Kier alpha value is -0.860. The number of nitrogens with one attached hydrogen (secondary N) is 3. The molecule has 0 aromatic carbocycles. The smallest absolute Gasteiger partial charge is 0.320 e. The van der Waals surface area contributed by atoms with E-state index in [-0.39, 0.29) is 23.0 Å². The lowest BCUT2D eigenvalue weighted by atomic mass is 9.77. The van der Waals surface area contributed by atoms with Gasteiger partial charge in [0.25, 0.3) is 0 Å². The van der Waals surface area contributed by atoms with E-state index in [1.54, 1.807) is 6.20 Å². The maximum Gasteiger partial charge on any atom is 0.320 e. The Morgan fingerprint density at radius 2 is 2.28 bits per heavy atom. The van der Waals surface area contributed by atoms with Gasteiger partial charge in [0.05, 0.1) is 10.4 Å². The van der Waals surface area contributed by atoms with Crippen LogP contribution in [0.25, 0.3) is 0 Å². The number of rotatable bonds is 2. The molecule has 1 aliphatic carbocycles. The normalized spacial score (nSPS) is 34.5. The monoisotopic (exact) mass is 401 g/mol. The van der Waals surface area contributed by atoms with Crippen LogP contribution in [0, 0.1) is 5.41 Å². The van der Waals surface area contributed by atoms with Crippen molar-refractivity contribution in [2.24, 2.45) is 5.41 Å². The average molecular weight is 402 g/mol. The van der Waals surface area contributed by atoms with E-state index < -0.39 is 0 Å². The maximum absolute atomic E-state index is 12.9. The summed E-state index contributed by atoms with van der Waals surface area (Å²) in [6.45, 7) is 2.57. The number of hydrogen-bond donors (Lipinski definition) is 3. The molecule has 3 aliphatic heterocycles. The predicted octanol–water partition coefficient (Wildman–Crippen LogP) is 2.32. The molecule has 3 N–H and O–H groups in total. The van der Waals surface area contributed by atoms with Gasteiger partial charge in [0.2, 0.25) is 0 Å². The number of nitrogens with zero attached hydrogens (tertiary/aromatic N) is 2. The van der Waals surface area contributed by atoms with Crippen LogP contribution >= 0.6 is 35.0 Å². The van der Waals surface area contributed by atoms with Gasteiger partial charge in [0, 0.05) is 36.3 Å². The average Bonchev–Trinajstić information content (AvgIpc) is 3.27. The third kappa shape index (κ3) is 3.17. The number of hydrogen-bond acceptors (Lipinski definition) is 5. The van der Waals surface area contributed by atoms with Gasteiger partial charge in [0.1, 0.15) is 0 Å². The number of urea groups is 1. The van der Waals surface area contributed by atoms with Gasteiger partial charge < -0.3 is 15.5 Å². The molecule has 2 fully saturated rings. The fourth-order valence-electron chi connectivity index (χ4n) is 4.21. The Balaban J connectivity index is 1.54. The van der Waals surface area contributed by atoms with Gasteiger partial charge in [-0.3, -0.25) is 5.43 Å². The number of fused-ring (bicyclic) bond motifs is 2. The van der Waals surface area contributed by atoms with E-state index in [2.05, 4.69) is 27.1 Å². The molecule has 2 amide bonds. The third-order valence-electron chi connectivity index (χ3n) is 5.41. The number of halogens is 2. The lowest BCUT2D eigenvalue weighted by molar-refractivity contribution is 0.182. The Kier molecular flexibility index (Phi) is 4.70. The highest BCUT2D eigenvalue weighted by Crippen LogP contribution is 2.49. The highest BCUT2D eigenvalue weighted by molar-refractivity contribution is 8.05. The predicted molar refractivity (Wildman–Crippen MR) is 102 cm³/mol. The van der Waals surface area contributed by atoms with Crippen molar-refractivity contribution < 1.29 is 4.79 Å². The number of amides is 2. The van der Waals surface area contributed by atoms with Gasteiger partial charge in [-0.05, 0) is 31.5 Å². The number of likely N-dealkylation sites (tertiary alicyclic amines) is 1. The van der Waals surface area contributed by atoms with Crippen LogP contribution in [0.15, 0.2) is 33.3 Å². The van der Waals surface area contributed by atoms with Gasteiger partial charge in [-0.15, -0.1) is 0 Å². The van der Waals surface area contributed by atoms with Gasteiger partial charge in [-0.1, -0.05) is 41.0 Å². The fraction of sp³-hybridized carbons (Fsp3) is 0.562. The standard InChI is InChI=1S/C16H21Cl2N5OS/c1-19-22-5-4-16(8-22)9-23(12-3-2-10(17)6-11(12)16)15(24)21-14-20-7-13(18)25-14/h2,6-7,12,14,19-20H,3-5,8-9H2,1H3,(H,21,24). The van der Waals surface area contributed by atoms with Crippen molar-refractivity contribution in [3.8, 4) is 0 Å². The zero-order valence-electron chi connectivity index (χ0n) is 13.9. The molecule has 0 aromatic rings. The zero-order chi connectivity index (χ0) is 17.6. The second-order valence-electron chi connectivity index (χ2n) is 6.81. The number of carbonyl (C=O) groups is 1. The van der Waals surface area contributed by atoms with Gasteiger partial charge in [0.15, 0.2) is 5.50 Å². The van der Waals surface area contributed by atoms with E-state index in [0.29, 0.717) is 10.9 Å². The summed E-state index contributed by atoms with van der Waals surface area (Å²) in [5.41, 5.74) is 4.28. The van der Waals surface area contributed by atoms with E-state index in [4.69, 9.17) is 23.2 Å². The number of carbonyl (C=O) groups excluding carboxylic acids is 1. The third-order valence-corrected chi connectivity index (χ3v) is 6.89. The highest BCUT2D eigenvalue weighted by Gasteiger charge is 2.53. The molecule has 3 unspecified atom stereocenters. The van der Waals surface area contributed by atoms with E-state index in [0.717, 1.165) is 31.0 Å². The highest BCUT2D eigenvalue weighted by atomic mass is 35.5. The van der Waals surface area contributed by atoms with Crippen LogP contribution in [0.1, 0.15) is 12.8 Å². The van der Waals surface area contributed by atoms with Crippen LogP contribution < -0.4 is 16.1 Å². The summed E-state index contributed by atoms with van der Waals surface area (Å²) in [6, 6.07) is 0.0148. The van der Waals surface area contributed by atoms with E-state index in [1.807, 2.05) is 18.0 Å². The molecular weight excluding hydrogens is 381 g/mol. The Labute approximate surface area is 161 Å². The van der Waals surface area contributed by atoms with E-state index in [9.17, 15) is 4.79 Å².